The molecule has 17 heavy (non-hydrogen) atoms. The molecule has 0 fully saturated rings. The molecule has 0 amide bonds. The molecular weight excluding hydrogens is 208 g/mol. The van der Waals surface area contributed by atoms with Gasteiger partial charge in [-0.3, -0.25) is 9.88 Å². The third-order valence-electron chi connectivity index (χ3n) is 3.77. The fourth-order valence-corrected chi connectivity index (χ4v) is 2.48. The maximum Gasteiger partial charge on any atom is 0.0318 e. The first-order chi connectivity index (χ1) is 8.27. The zero-order chi connectivity index (χ0) is 12.1. The van der Waals surface area contributed by atoms with Gasteiger partial charge in [-0.2, -0.15) is 0 Å². The third kappa shape index (κ3) is 3.40. The van der Waals surface area contributed by atoms with Crippen LogP contribution >= 0.6 is 0 Å². The molecule has 2 atom stereocenters. The summed E-state index contributed by atoms with van der Waals surface area (Å²) in [5, 5.41) is 0. The van der Waals surface area contributed by atoms with Crippen molar-refractivity contribution < 1.29 is 0 Å². The molecule has 1 aromatic heterocycles. The number of aromatic nitrogens is 1. The van der Waals surface area contributed by atoms with Crippen LogP contribution in [0.15, 0.2) is 36.7 Å². The van der Waals surface area contributed by atoms with E-state index in [0.29, 0.717) is 6.04 Å². The zero-order valence-corrected chi connectivity index (χ0v) is 10.8. The Morgan fingerprint density at radius 2 is 2.12 bits per heavy atom. The molecule has 1 aliphatic rings. The van der Waals surface area contributed by atoms with E-state index in [2.05, 4.69) is 48.1 Å². The molecule has 1 aliphatic carbocycles. The molecule has 0 aromatic carbocycles. The van der Waals surface area contributed by atoms with Gasteiger partial charge >= 0.3 is 0 Å². The molecule has 0 bridgehead atoms. The van der Waals surface area contributed by atoms with Gasteiger partial charge in [0.25, 0.3) is 0 Å². The summed E-state index contributed by atoms with van der Waals surface area (Å²) in [5.74, 6) is 0.828. The minimum absolute atomic E-state index is 0.476. The monoisotopic (exact) mass is 230 g/mol. The van der Waals surface area contributed by atoms with Gasteiger partial charge in [0.15, 0.2) is 0 Å². The smallest absolute Gasteiger partial charge is 0.0318 e. The lowest BCUT2D eigenvalue weighted by molar-refractivity contribution is 0.212. The fourth-order valence-electron chi connectivity index (χ4n) is 2.48. The Kier molecular flexibility index (Phi) is 4.32. The largest absolute Gasteiger partial charge is 0.299 e. The maximum atomic E-state index is 4.08. The van der Waals surface area contributed by atoms with Crippen LogP contribution in [0.3, 0.4) is 0 Å². The number of pyridine rings is 1. The first kappa shape index (κ1) is 12.3. The van der Waals surface area contributed by atoms with Crippen LogP contribution in [0.1, 0.15) is 37.8 Å². The second-order valence-electron chi connectivity index (χ2n) is 5.05. The Morgan fingerprint density at radius 1 is 1.35 bits per heavy atom. The molecule has 0 spiro atoms. The van der Waals surface area contributed by atoms with Crippen molar-refractivity contribution >= 4 is 0 Å². The van der Waals surface area contributed by atoms with Crippen LogP contribution in [0, 0.1) is 5.92 Å². The highest BCUT2D eigenvalue weighted by Gasteiger charge is 2.17. The van der Waals surface area contributed by atoms with E-state index in [0.717, 1.165) is 5.92 Å². The lowest BCUT2D eigenvalue weighted by Gasteiger charge is -2.29. The summed E-state index contributed by atoms with van der Waals surface area (Å²) < 4.78 is 0. The van der Waals surface area contributed by atoms with Gasteiger partial charge in [0.05, 0.1) is 0 Å². The summed E-state index contributed by atoms with van der Waals surface area (Å²) in [4.78, 5) is 6.53. The van der Waals surface area contributed by atoms with E-state index in [4.69, 9.17) is 0 Å². The Bertz CT molecular complexity index is 358. The minimum Gasteiger partial charge on any atom is -0.299 e. The van der Waals surface area contributed by atoms with Gasteiger partial charge in [0.1, 0.15) is 0 Å². The van der Waals surface area contributed by atoms with E-state index >= 15 is 0 Å². The van der Waals surface area contributed by atoms with E-state index in [-0.39, 0.29) is 0 Å². The quantitative estimate of drug-likeness (QED) is 0.737. The second-order valence-corrected chi connectivity index (χ2v) is 5.05. The van der Waals surface area contributed by atoms with E-state index in [1.54, 1.807) is 0 Å². The van der Waals surface area contributed by atoms with E-state index in [9.17, 15) is 0 Å². The fraction of sp³-hybridized carbons (Fsp3) is 0.533. The summed E-state index contributed by atoms with van der Waals surface area (Å²) in [7, 11) is 2.23. The highest BCUT2D eigenvalue weighted by atomic mass is 15.1. The summed E-state index contributed by atoms with van der Waals surface area (Å²) in [6.45, 7) is 3.46. The average molecular weight is 230 g/mol. The Hall–Kier alpha value is -1.15. The highest BCUT2D eigenvalue weighted by Crippen LogP contribution is 2.23. The second kappa shape index (κ2) is 5.97. The number of nitrogens with zero attached hydrogens (tertiary/aromatic N) is 2. The summed E-state index contributed by atoms with van der Waals surface area (Å²) >= 11 is 0. The van der Waals surface area contributed by atoms with Gasteiger partial charge in [-0.05, 0) is 56.8 Å². The zero-order valence-electron chi connectivity index (χ0n) is 10.8. The van der Waals surface area contributed by atoms with E-state index in [1.165, 1.54) is 31.4 Å². The molecule has 0 saturated carbocycles. The van der Waals surface area contributed by atoms with Crippen LogP contribution < -0.4 is 0 Å². The van der Waals surface area contributed by atoms with Crippen molar-refractivity contribution in [1.82, 2.24) is 9.88 Å². The van der Waals surface area contributed by atoms with Crippen LogP contribution in [0.2, 0.25) is 0 Å². The van der Waals surface area contributed by atoms with Crippen LogP contribution in [0.5, 0.6) is 0 Å². The van der Waals surface area contributed by atoms with E-state index < -0.39 is 0 Å². The van der Waals surface area contributed by atoms with Gasteiger partial charge in [-0.15, -0.1) is 0 Å². The van der Waals surface area contributed by atoms with Crippen LogP contribution in [-0.4, -0.2) is 23.5 Å². The van der Waals surface area contributed by atoms with Gasteiger partial charge in [-0.25, -0.2) is 0 Å². The average Bonchev–Trinajstić information content (AvgIpc) is 2.40. The number of hydrogen-bond donors (Lipinski definition) is 0. The third-order valence-corrected chi connectivity index (χ3v) is 3.77. The van der Waals surface area contributed by atoms with Crippen molar-refractivity contribution in [3.63, 3.8) is 0 Å². The molecule has 0 saturated heterocycles. The van der Waals surface area contributed by atoms with Crippen molar-refractivity contribution in [2.75, 3.05) is 13.6 Å². The summed E-state index contributed by atoms with van der Waals surface area (Å²) in [5.41, 5.74) is 1.36. The molecule has 2 nitrogen and oxygen atoms in total. The first-order valence-corrected chi connectivity index (χ1v) is 6.52. The molecule has 92 valence electrons. The molecule has 0 N–H and O–H groups in total. The van der Waals surface area contributed by atoms with Gasteiger partial charge in [0, 0.05) is 25.0 Å². The Labute approximate surface area is 104 Å². The first-order valence-electron chi connectivity index (χ1n) is 6.52. The number of allylic oxidation sites excluding steroid dienone is 2. The predicted octanol–water partition coefficient (Wildman–Crippen LogP) is 3.43. The van der Waals surface area contributed by atoms with Crippen LogP contribution in [0.25, 0.3) is 0 Å². The normalized spacial score (nSPS) is 21.7. The Balaban J connectivity index is 1.91. The van der Waals surface area contributed by atoms with E-state index in [1.807, 2.05) is 12.4 Å². The van der Waals surface area contributed by atoms with Crippen molar-refractivity contribution in [2.45, 2.75) is 32.2 Å². The van der Waals surface area contributed by atoms with Gasteiger partial charge in [0.2, 0.25) is 0 Å². The minimum atomic E-state index is 0.476. The predicted molar refractivity (Wildman–Crippen MR) is 71.8 cm³/mol. The molecule has 2 rings (SSSR count). The van der Waals surface area contributed by atoms with Crippen LogP contribution in [-0.2, 0) is 0 Å². The van der Waals surface area contributed by atoms with Gasteiger partial charge < -0.3 is 0 Å². The Morgan fingerprint density at radius 3 is 2.76 bits per heavy atom. The lowest BCUT2D eigenvalue weighted by atomic mass is 9.93. The van der Waals surface area contributed by atoms with Crippen molar-refractivity contribution in [3.8, 4) is 0 Å². The summed E-state index contributed by atoms with van der Waals surface area (Å²) in [6, 6.07) is 4.70. The van der Waals surface area contributed by atoms with Crippen molar-refractivity contribution in [1.29, 1.82) is 0 Å². The number of rotatable bonds is 4. The standard InChI is InChI=1S/C15H22N2/c1-13(15-8-10-16-11-9-15)17(2)12-14-6-4-3-5-7-14/h3-4,8-11,13-14H,5-7,12H2,1-2H3/t13-,14-/m0/s1. The molecule has 2 heteroatoms. The molecule has 1 heterocycles. The molecule has 0 unspecified atom stereocenters. The molecular formula is C15H22N2. The topological polar surface area (TPSA) is 16.1 Å². The summed E-state index contributed by atoms with van der Waals surface area (Å²) in [6.07, 6.45) is 12.2. The SMILES string of the molecule is C[C@@H](c1ccncc1)N(C)C[C@H]1CC=CCC1. The highest BCUT2D eigenvalue weighted by molar-refractivity contribution is 5.14. The van der Waals surface area contributed by atoms with Crippen LogP contribution in [0.4, 0.5) is 0 Å². The van der Waals surface area contributed by atoms with Gasteiger partial charge in [-0.1, -0.05) is 12.2 Å². The number of hydrogen-bond acceptors (Lipinski definition) is 2. The lowest BCUT2D eigenvalue weighted by Crippen LogP contribution is -2.29. The molecule has 0 radical (unpaired) electrons. The maximum absolute atomic E-state index is 4.08. The van der Waals surface area contributed by atoms with Crippen molar-refractivity contribution in [3.05, 3.63) is 42.2 Å². The molecule has 0 aliphatic heterocycles. The van der Waals surface area contributed by atoms with Crippen molar-refractivity contribution in [2.24, 2.45) is 5.92 Å². The molecule has 1 aromatic rings.